The van der Waals surface area contributed by atoms with Gasteiger partial charge >= 0.3 is 0 Å². The molecule has 0 spiro atoms. The molecule has 0 saturated carbocycles. The van der Waals surface area contributed by atoms with Crippen LogP contribution in [0.25, 0.3) is 0 Å². The summed E-state index contributed by atoms with van der Waals surface area (Å²) < 4.78 is 0. The Bertz CT molecular complexity index is 868. The number of rotatable bonds is 5. The van der Waals surface area contributed by atoms with Gasteiger partial charge < -0.3 is 4.90 Å². The molecule has 2 heterocycles. The molecule has 1 saturated heterocycles. The van der Waals surface area contributed by atoms with Gasteiger partial charge in [0.2, 0.25) is 0 Å². The van der Waals surface area contributed by atoms with Crippen LogP contribution in [0.4, 0.5) is 5.13 Å². The number of nitrogens with one attached hydrogen (secondary N) is 1. The van der Waals surface area contributed by atoms with E-state index >= 15 is 0 Å². The van der Waals surface area contributed by atoms with Gasteiger partial charge in [0, 0.05) is 29.2 Å². The molecule has 1 aromatic heterocycles. The minimum Gasteiger partial charge on any atom is -0.336 e. The summed E-state index contributed by atoms with van der Waals surface area (Å²) in [6, 6.07) is 19.6. The van der Waals surface area contributed by atoms with Crippen LogP contribution < -0.4 is 10.3 Å². The molecule has 0 aliphatic carbocycles. The van der Waals surface area contributed by atoms with Gasteiger partial charge in [-0.25, -0.2) is 10.4 Å². The van der Waals surface area contributed by atoms with E-state index in [0.29, 0.717) is 0 Å². The molecule has 27 heavy (non-hydrogen) atoms. The molecule has 1 amide bonds. The van der Waals surface area contributed by atoms with Gasteiger partial charge in [0.25, 0.3) is 5.91 Å². The summed E-state index contributed by atoms with van der Waals surface area (Å²) in [5, 5.41) is 7.32. The van der Waals surface area contributed by atoms with Crippen molar-refractivity contribution < 1.29 is 4.79 Å². The summed E-state index contributed by atoms with van der Waals surface area (Å²) in [7, 11) is 0. The van der Waals surface area contributed by atoms with Gasteiger partial charge in [-0.15, -0.1) is 11.3 Å². The molecule has 6 heteroatoms. The van der Waals surface area contributed by atoms with Crippen LogP contribution in [0.1, 0.15) is 24.0 Å². The van der Waals surface area contributed by atoms with Gasteiger partial charge in [0.05, 0.1) is 5.71 Å². The highest BCUT2D eigenvalue weighted by Gasteiger charge is 2.32. The zero-order valence-electron chi connectivity index (χ0n) is 14.8. The van der Waals surface area contributed by atoms with Crippen LogP contribution in [-0.2, 0) is 4.79 Å². The smallest absolute Gasteiger partial charge is 0.262 e. The van der Waals surface area contributed by atoms with E-state index in [9.17, 15) is 4.79 Å². The largest absolute Gasteiger partial charge is 0.336 e. The van der Waals surface area contributed by atoms with Crippen LogP contribution >= 0.6 is 11.3 Å². The predicted molar refractivity (Wildman–Crippen MR) is 109 cm³/mol. The van der Waals surface area contributed by atoms with E-state index < -0.39 is 0 Å². The Morgan fingerprint density at radius 3 is 2.33 bits per heavy atom. The van der Waals surface area contributed by atoms with Gasteiger partial charge in [-0.05, 0) is 12.8 Å². The van der Waals surface area contributed by atoms with Crippen molar-refractivity contribution in [3.05, 3.63) is 83.4 Å². The second kappa shape index (κ2) is 8.14. The van der Waals surface area contributed by atoms with E-state index in [1.54, 1.807) is 17.5 Å². The van der Waals surface area contributed by atoms with E-state index in [4.69, 9.17) is 0 Å². The average Bonchev–Trinajstić information content (AvgIpc) is 3.41. The van der Waals surface area contributed by atoms with E-state index in [0.717, 1.165) is 41.4 Å². The third-order valence-corrected chi connectivity index (χ3v) is 5.40. The number of carbonyl (C=O) groups excluding carboxylic acids is 1. The molecule has 0 bridgehead atoms. The molecule has 4 rings (SSSR count). The van der Waals surface area contributed by atoms with Crippen molar-refractivity contribution in [2.75, 3.05) is 11.4 Å². The molecule has 0 unspecified atom stereocenters. The number of hydrogen-bond donors (Lipinski definition) is 1. The topological polar surface area (TPSA) is 57.6 Å². The fourth-order valence-electron chi connectivity index (χ4n) is 3.30. The summed E-state index contributed by atoms with van der Waals surface area (Å²) in [4.78, 5) is 19.3. The van der Waals surface area contributed by atoms with Crippen molar-refractivity contribution in [3.63, 3.8) is 0 Å². The fourth-order valence-corrected chi connectivity index (χ4v) is 4.02. The molecule has 1 atom stereocenters. The first kappa shape index (κ1) is 17.4. The maximum Gasteiger partial charge on any atom is 0.262 e. The summed E-state index contributed by atoms with van der Waals surface area (Å²) in [5.74, 6) is -0.0907. The van der Waals surface area contributed by atoms with Crippen LogP contribution in [0.2, 0.25) is 0 Å². The Morgan fingerprint density at radius 1 is 1.07 bits per heavy atom. The van der Waals surface area contributed by atoms with Crippen molar-refractivity contribution >= 4 is 28.1 Å². The number of nitrogens with zero attached hydrogens (tertiary/aromatic N) is 3. The maximum absolute atomic E-state index is 12.8. The quantitative estimate of drug-likeness (QED) is 0.546. The summed E-state index contributed by atoms with van der Waals surface area (Å²) in [5.41, 5.74) is 5.48. The van der Waals surface area contributed by atoms with Gasteiger partial charge in [-0.1, -0.05) is 60.7 Å². The number of benzene rings is 2. The number of carbonyl (C=O) groups is 1. The molecule has 136 valence electrons. The lowest BCUT2D eigenvalue weighted by atomic mass is 10.0. The Balaban J connectivity index is 1.57. The fraction of sp³-hybridized carbons (Fsp3) is 0.190. The Hall–Kier alpha value is -2.99. The van der Waals surface area contributed by atoms with E-state index in [2.05, 4.69) is 20.4 Å². The number of amides is 1. The first-order valence-corrected chi connectivity index (χ1v) is 9.85. The zero-order chi connectivity index (χ0) is 18.5. The van der Waals surface area contributed by atoms with Crippen LogP contribution in [-0.4, -0.2) is 29.2 Å². The lowest BCUT2D eigenvalue weighted by Crippen LogP contribution is -2.42. The van der Waals surface area contributed by atoms with Crippen molar-refractivity contribution in [3.8, 4) is 0 Å². The van der Waals surface area contributed by atoms with Crippen molar-refractivity contribution in [2.24, 2.45) is 5.10 Å². The third-order valence-electron chi connectivity index (χ3n) is 4.59. The number of hydrazone groups is 1. The molecule has 5 nitrogen and oxygen atoms in total. The van der Waals surface area contributed by atoms with Crippen molar-refractivity contribution in [1.82, 2.24) is 10.4 Å². The molecule has 3 aromatic rings. The predicted octanol–water partition coefficient (Wildman–Crippen LogP) is 3.68. The Labute approximate surface area is 162 Å². The first-order valence-electron chi connectivity index (χ1n) is 8.97. The molecule has 1 N–H and O–H groups in total. The number of aromatic nitrogens is 1. The van der Waals surface area contributed by atoms with Crippen LogP contribution in [0.5, 0.6) is 0 Å². The first-order chi connectivity index (χ1) is 13.3. The van der Waals surface area contributed by atoms with Crippen LogP contribution in [0.3, 0.4) is 0 Å². The summed E-state index contributed by atoms with van der Waals surface area (Å²) in [6.45, 7) is 0.847. The summed E-state index contributed by atoms with van der Waals surface area (Å²) >= 11 is 1.56. The van der Waals surface area contributed by atoms with Gasteiger partial charge in [-0.3, -0.25) is 4.79 Å². The molecule has 1 fully saturated rings. The second-order valence-corrected chi connectivity index (χ2v) is 7.21. The Morgan fingerprint density at radius 2 is 1.74 bits per heavy atom. The van der Waals surface area contributed by atoms with E-state index in [1.165, 1.54) is 0 Å². The minimum atomic E-state index is -0.229. The van der Waals surface area contributed by atoms with E-state index in [-0.39, 0.29) is 11.9 Å². The normalized spacial score (nSPS) is 16.1. The summed E-state index contributed by atoms with van der Waals surface area (Å²) in [6.07, 6.45) is 3.56. The lowest BCUT2D eigenvalue weighted by Gasteiger charge is -2.22. The van der Waals surface area contributed by atoms with Gasteiger partial charge in [0.15, 0.2) is 5.13 Å². The number of hydrogen-bond acceptors (Lipinski definition) is 5. The van der Waals surface area contributed by atoms with Crippen LogP contribution in [0.15, 0.2) is 77.3 Å². The average molecular weight is 376 g/mol. The molecule has 2 aromatic carbocycles. The van der Waals surface area contributed by atoms with E-state index in [1.807, 2.05) is 66.0 Å². The standard InChI is InChI=1S/C21H20N4OS/c26-20(18-12-7-14-25(18)21-22-13-15-27-21)24-23-19(16-8-3-1-4-9-16)17-10-5-2-6-11-17/h1-6,8-11,13,15,18H,7,12,14H2,(H,24,26)/t18-/m1/s1. The molecule has 0 radical (unpaired) electrons. The number of anilines is 1. The lowest BCUT2D eigenvalue weighted by molar-refractivity contribution is -0.122. The van der Waals surface area contributed by atoms with Crippen molar-refractivity contribution in [1.29, 1.82) is 0 Å². The molecular formula is C21H20N4OS. The van der Waals surface area contributed by atoms with Crippen molar-refractivity contribution in [2.45, 2.75) is 18.9 Å². The minimum absolute atomic E-state index is 0.0907. The third kappa shape index (κ3) is 3.90. The monoisotopic (exact) mass is 376 g/mol. The van der Waals surface area contributed by atoms with Gasteiger partial charge in [0.1, 0.15) is 6.04 Å². The van der Waals surface area contributed by atoms with Gasteiger partial charge in [-0.2, -0.15) is 5.10 Å². The molecular weight excluding hydrogens is 356 g/mol. The van der Waals surface area contributed by atoms with Crippen LogP contribution in [0, 0.1) is 0 Å². The Kier molecular flexibility index (Phi) is 5.25. The number of thiazole rings is 1. The maximum atomic E-state index is 12.8. The highest BCUT2D eigenvalue weighted by atomic mass is 32.1. The zero-order valence-corrected chi connectivity index (χ0v) is 15.6. The SMILES string of the molecule is O=C(NN=C(c1ccccc1)c1ccccc1)[C@H]1CCCN1c1nccs1. The molecule has 1 aliphatic rings. The molecule has 1 aliphatic heterocycles. The highest BCUT2D eigenvalue weighted by molar-refractivity contribution is 7.13. The highest BCUT2D eigenvalue weighted by Crippen LogP contribution is 2.27. The second-order valence-electron chi connectivity index (χ2n) is 6.33.